The molecule has 6 nitrogen and oxygen atoms in total. The number of halogens is 3. The Balaban J connectivity index is 2.42. The molecule has 2 aromatic rings. The fourth-order valence-electron chi connectivity index (χ4n) is 1.47. The molecule has 0 amide bonds. The predicted octanol–water partition coefficient (Wildman–Crippen LogP) is 3.04. The number of aromatic nitrogens is 2. The Morgan fingerprint density at radius 1 is 1.24 bits per heavy atom. The van der Waals surface area contributed by atoms with Crippen LogP contribution in [0.3, 0.4) is 0 Å². The van der Waals surface area contributed by atoms with Gasteiger partial charge in [-0.3, -0.25) is 4.72 Å². The summed E-state index contributed by atoms with van der Waals surface area (Å²) in [5.74, 6) is -0.432. The third-order valence-electron chi connectivity index (χ3n) is 2.24. The van der Waals surface area contributed by atoms with Crippen molar-refractivity contribution in [2.45, 2.75) is 0 Å². The SMILES string of the molecule is CS(=O)(=O)Nc1cc(F)ccc1Nc1nc(Cl)ncc1Cl. The molecule has 0 aliphatic carbocycles. The third-order valence-corrected chi connectivity index (χ3v) is 3.29. The summed E-state index contributed by atoms with van der Waals surface area (Å²) in [5, 5.41) is 2.91. The minimum Gasteiger partial charge on any atom is -0.337 e. The molecule has 0 radical (unpaired) electrons. The summed E-state index contributed by atoms with van der Waals surface area (Å²) in [4.78, 5) is 7.56. The molecule has 0 fully saturated rings. The van der Waals surface area contributed by atoms with Gasteiger partial charge in [-0.15, -0.1) is 0 Å². The molecule has 0 aliphatic heterocycles. The molecule has 0 bridgehead atoms. The lowest BCUT2D eigenvalue weighted by Crippen LogP contribution is -2.11. The zero-order valence-corrected chi connectivity index (χ0v) is 12.9. The number of hydrogen-bond acceptors (Lipinski definition) is 5. The Kier molecular flexibility index (Phi) is 4.50. The molecule has 2 rings (SSSR count). The van der Waals surface area contributed by atoms with Crippen LogP contribution in [0.4, 0.5) is 21.6 Å². The first-order valence-electron chi connectivity index (χ1n) is 5.47. The average Bonchev–Trinajstić information content (AvgIpc) is 2.35. The number of sulfonamides is 1. The predicted molar refractivity (Wildman–Crippen MR) is 80.2 cm³/mol. The highest BCUT2D eigenvalue weighted by Crippen LogP contribution is 2.29. The van der Waals surface area contributed by atoms with Gasteiger partial charge >= 0.3 is 0 Å². The summed E-state index contributed by atoms with van der Waals surface area (Å²) in [6, 6.07) is 3.53. The standard InChI is InChI=1S/C11H9Cl2FN4O2S/c1-21(19,20)18-9-4-6(14)2-3-8(9)16-10-7(12)5-15-11(13)17-10/h2-5,18H,1H3,(H,15,16,17). The van der Waals surface area contributed by atoms with Gasteiger partial charge in [0.25, 0.3) is 0 Å². The molecule has 21 heavy (non-hydrogen) atoms. The molecule has 0 saturated heterocycles. The molecule has 112 valence electrons. The number of rotatable bonds is 4. The van der Waals surface area contributed by atoms with E-state index in [0.717, 1.165) is 18.4 Å². The Morgan fingerprint density at radius 3 is 2.62 bits per heavy atom. The second kappa shape index (κ2) is 6.00. The second-order valence-electron chi connectivity index (χ2n) is 4.02. The molecule has 1 aromatic heterocycles. The van der Waals surface area contributed by atoms with E-state index in [1.165, 1.54) is 12.3 Å². The molecular formula is C11H9Cl2FN4O2S. The van der Waals surface area contributed by atoms with Crippen molar-refractivity contribution >= 4 is 50.4 Å². The summed E-state index contributed by atoms with van der Waals surface area (Å²) in [6.45, 7) is 0. The lowest BCUT2D eigenvalue weighted by Gasteiger charge is -2.13. The Labute approximate surface area is 130 Å². The molecule has 10 heteroatoms. The molecule has 0 saturated carbocycles. The van der Waals surface area contributed by atoms with Gasteiger partial charge in [0.15, 0.2) is 5.82 Å². The fourth-order valence-corrected chi connectivity index (χ4v) is 2.31. The maximum atomic E-state index is 13.3. The van der Waals surface area contributed by atoms with Gasteiger partial charge in [-0.2, -0.15) is 4.98 Å². The lowest BCUT2D eigenvalue weighted by atomic mass is 10.2. The van der Waals surface area contributed by atoms with Gasteiger partial charge in [0.1, 0.15) is 10.8 Å². The topological polar surface area (TPSA) is 84.0 Å². The molecule has 0 spiro atoms. The van der Waals surface area contributed by atoms with Crippen molar-refractivity contribution in [2.75, 3.05) is 16.3 Å². The van der Waals surface area contributed by atoms with Gasteiger partial charge in [0.05, 0.1) is 23.8 Å². The summed E-state index contributed by atoms with van der Waals surface area (Å²) in [7, 11) is -3.58. The van der Waals surface area contributed by atoms with Gasteiger partial charge in [0.2, 0.25) is 15.3 Å². The number of nitrogens with zero attached hydrogens (tertiary/aromatic N) is 2. The van der Waals surface area contributed by atoms with E-state index in [-0.39, 0.29) is 27.5 Å². The smallest absolute Gasteiger partial charge is 0.229 e. The Hall–Kier alpha value is -1.64. The van der Waals surface area contributed by atoms with E-state index in [0.29, 0.717) is 0 Å². The van der Waals surface area contributed by atoms with Crippen LogP contribution in [-0.4, -0.2) is 24.6 Å². The number of hydrogen-bond donors (Lipinski definition) is 2. The van der Waals surface area contributed by atoms with Crippen LogP contribution in [0.25, 0.3) is 0 Å². The van der Waals surface area contributed by atoms with Crippen LogP contribution in [0.1, 0.15) is 0 Å². The largest absolute Gasteiger partial charge is 0.337 e. The first-order valence-corrected chi connectivity index (χ1v) is 8.12. The minimum absolute atomic E-state index is 0.0169. The maximum absolute atomic E-state index is 13.3. The second-order valence-corrected chi connectivity index (χ2v) is 6.52. The van der Waals surface area contributed by atoms with E-state index in [9.17, 15) is 12.8 Å². The highest BCUT2D eigenvalue weighted by Gasteiger charge is 2.12. The lowest BCUT2D eigenvalue weighted by molar-refractivity contribution is 0.606. The average molecular weight is 351 g/mol. The minimum atomic E-state index is -3.58. The Morgan fingerprint density at radius 2 is 1.95 bits per heavy atom. The van der Waals surface area contributed by atoms with Crippen LogP contribution in [0.15, 0.2) is 24.4 Å². The van der Waals surface area contributed by atoms with E-state index >= 15 is 0 Å². The zero-order valence-electron chi connectivity index (χ0n) is 10.6. The van der Waals surface area contributed by atoms with Crippen molar-refractivity contribution in [1.29, 1.82) is 0 Å². The molecule has 0 atom stereocenters. The van der Waals surface area contributed by atoms with Crippen molar-refractivity contribution < 1.29 is 12.8 Å². The van der Waals surface area contributed by atoms with E-state index < -0.39 is 15.8 Å². The summed E-state index contributed by atoms with van der Waals surface area (Å²) >= 11 is 11.6. The summed E-state index contributed by atoms with van der Waals surface area (Å²) in [5.41, 5.74) is 0.279. The molecule has 0 aliphatic rings. The first-order chi connectivity index (χ1) is 9.74. The first kappa shape index (κ1) is 15.7. The zero-order chi connectivity index (χ0) is 15.6. The summed E-state index contributed by atoms with van der Waals surface area (Å²) in [6.07, 6.45) is 2.24. The van der Waals surface area contributed by atoms with Gasteiger partial charge in [-0.05, 0) is 23.7 Å². The number of benzene rings is 1. The maximum Gasteiger partial charge on any atom is 0.229 e. The number of anilines is 3. The monoisotopic (exact) mass is 350 g/mol. The van der Waals surface area contributed by atoms with Gasteiger partial charge in [-0.1, -0.05) is 11.6 Å². The summed E-state index contributed by atoms with van der Waals surface area (Å²) < 4.78 is 38.1. The van der Waals surface area contributed by atoms with E-state index in [1.54, 1.807) is 0 Å². The van der Waals surface area contributed by atoms with Gasteiger partial charge in [-0.25, -0.2) is 17.8 Å². The number of nitrogens with one attached hydrogen (secondary N) is 2. The molecule has 1 aromatic carbocycles. The highest BCUT2D eigenvalue weighted by molar-refractivity contribution is 7.92. The molecule has 0 unspecified atom stereocenters. The third kappa shape index (κ3) is 4.42. The van der Waals surface area contributed by atoms with Crippen LogP contribution >= 0.6 is 23.2 Å². The van der Waals surface area contributed by atoms with E-state index in [2.05, 4.69) is 20.0 Å². The Bertz CT molecular complexity index is 786. The van der Waals surface area contributed by atoms with Crippen LogP contribution in [0.2, 0.25) is 10.3 Å². The van der Waals surface area contributed by atoms with Crippen LogP contribution in [0.5, 0.6) is 0 Å². The van der Waals surface area contributed by atoms with Crippen molar-refractivity contribution in [3.05, 3.63) is 40.5 Å². The van der Waals surface area contributed by atoms with Crippen molar-refractivity contribution in [3.63, 3.8) is 0 Å². The molecular weight excluding hydrogens is 342 g/mol. The van der Waals surface area contributed by atoms with Crippen molar-refractivity contribution in [1.82, 2.24) is 9.97 Å². The molecule has 1 heterocycles. The quantitative estimate of drug-likeness (QED) is 0.828. The van der Waals surface area contributed by atoms with Gasteiger partial charge < -0.3 is 5.32 Å². The molecule has 2 N–H and O–H groups in total. The van der Waals surface area contributed by atoms with Crippen LogP contribution < -0.4 is 10.0 Å². The van der Waals surface area contributed by atoms with Crippen LogP contribution in [0, 0.1) is 5.82 Å². The van der Waals surface area contributed by atoms with Crippen LogP contribution in [-0.2, 0) is 10.0 Å². The van der Waals surface area contributed by atoms with Gasteiger partial charge in [0, 0.05) is 6.07 Å². The van der Waals surface area contributed by atoms with Crippen molar-refractivity contribution in [2.24, 2.45) is 0 Å². The van der Waals surface area contributed by atoms with E-state index in [4.69, 9.17) is 23.2 Å². The highest BCUT2D eigenvalue weighted by atomic mass is 35.5. The van der Waals surface area contributed by atoms with E-state index in [1.807, 2.05) is 0 Å². The fraction of sp³-hybridized carbons (Fsp3) is 0.0909. The van der Waals surface area contributed by atoms with Crippen molar-refractivity contribution in [3.8, 4) is 0 Å². The normalized spacial score (nSPS) is 11.2.